The second-order valence-electron chi connectivity index (χ2n) is 7.66. The van der Waals surface area contributed by atoms with Gasteiger partial charge in [0.05, 0.1) is 12.2 Å². The molecule has 1 heterocycles. The van der Waals surface area contributed by atoms with Crippen LogP contribution in [0.3, 0.4) is 0 Å². The predicted molar refractivity (Wildman–Crippen MR) is 114 cm³/mol. The molecule has 1 aromatic heterocycles. The molecule has 4 nitrogen and oxygen atoms in total. The Morgan fingerprint density at radius 2 is 2.00 bits per heavy atom. The van der Waals surface area contributed by atoms with Crippen LogP contribution in [0.4, 0.5) is 5.00 Å². The average Bonchev–Trinajstić information content (AvgIpc) is 3.00. The lowest BCUT2D eigenvalue weighted by Crippen LogP contribution is -2.16. The standard InChI is InChI=1S/C23H29NO3S/c1-4-27-23(26)21-18-13-10-16(3)14-19(18)28-22(21)24-20(25)7-5-6-17-11-8-15(2)9-12-17/h8-9,11-12,16H,4-7,10,13-14H2,1-3H3,(H,24,25). The van der Waals surface area contributed by atoms with E-state index in [2.05, 4.69) is 43.4 Å². The van der Waals surface area contributed by atoms with Crippen LogP contribution in [-0.4, -0.2) is 18.5 Å². The Kier molecular flexibility index (Phi) is 6.89. The van der Waals surface area contributed by atoms with Crippen LogP contribution in [-0.2, 0) is 28.8 Å². The molecule has 0 bridgehead atoms. The van der Waals surface area contributed by atoms with Gasteiger partial charge in [0.25, 0.3) is 0 Å². The minimum atomic E-state index is -0.315. The van der Waals surface area contributed by atoms with E-state index in [0.717, 1.165) is 37.7 Å². The SMILES string of the molecule is CCOC(=O)c1c(NC(=O)CCCc2ccc(C)cc2)sc2c1CCC(C)C2. The van der Waals surface area contributed by atoms with Crippen LogP contribution >= 0.6 is 11.3 Å². The Bertz CT molecular complexity index is 838. The lowest BCUT2D eigenvalue weighted by molar-refractivity contribution is -0.116. The lowest BCUT2D eigenvalue weighted by atomic mass is 9.88. The van der Waals surface area contributed by atoms with Gasteiger partial charge in [-0.15, -0.1) is 11.3 Å². The van der Waals surface area contributed by atoms with Gasteiger partial charge in [-0.2, -0.15) is 0 Å². The molecule has 0 fully saturated rings. The summed E-state index contributed by atoms with van der Waals surface area (Å²) in [5, 5.41) is 3.66. The van der Waals surface area contributed by atoms with Gasteiger partial charge in [-0.1, -0.05) is 36.8 Å². The number of hydrogen-bond acceptors (Lipinski definition) is 4. The van der Waals surface area contributed by atoms with Gasteiger partial charge in [0, 0.05) is 11.3 Å². The summed E-state index contributed by atoms with van der Waals surface area (Å²) in [7, 11) is 0. The number of fused-ring (bicyclic) bond motifs is 1. The number of ether oxygens (including phenoxy) is 1. The van der Waals surface area contributed by atoms with Crippen molar-refractivity contribution in [1.82, 2.24) is 0 Å². The van der Waals surface area contributed by atoms with E-state index in [1.807, 2.05) is 6.92 Å². The summed E-state index contributed by atoms with van der Waals surface area (Å²) in [6.07, 6.45) is 5.01. The molecule has 28 heavy (non-hydrogen) atoms. The van der Waals surface area contributed by atoms with Gasteiger partial charge in [0.15, 0.2) is 0 Å². The zero-order chi connectivity index (χ0) is 20.1. The van der Waals surface area contributed by atoms with Crippen molar-refractivity contribution in [1.29, 1.82) is 0 Å². The lowest BCUT2D eigenvalue weighted by Gasteiger charge is -2.18. The van der Waals surface area contributed by atoms with E-state index < -0.39 is 0 Å². The smallest absolute Gasteiger partial charge is 0.341 e. The number of carbonyl (C=O) groups is 2. The monoisotopic (exact) mass is 399 g/mol. The summed E-state index contributed by atoms with van der Waals surface area (Å²) in [6.45, 7) is 6.45. The predicted octanol–water partition coefficient (Wildman–Crippen LogP) is 5.32. The first kappa shape index (κ1) is 20.6. The van der Waals surface area contributed by atoms with Gasteiger partial charge in [-0.05, 0) is 63.0 Å². The Morgan fingerprint density at radius 3 is 2.71 bits per heavy atom. The molecule has 1 amide bonds. The molecule has 0 radical (unpaired) electrons. The quantitative estimate of drug-likeness (QED) is 0.641. The number of aryl methyl sites for hydroxylation is 2. The van der Waals surface area contributed by atoms with Crippen molar-refractivity contribution in [2.45, 2.75) is 59.3 Å². The number of carbonyl (C=O) groups excluding carboxylic acids is 2. The second-order valence-corrected chi connectivity index (χ2v) is 8.77. The van der Waals surface area contributed by atoms with Crippen LogP contribution in [0.15, 0.2) is 24.3 Å². The van der Waals surface area contributed by atoms with Crippen LogP contribution in [0.1, 0.15) is 65.0 Å². The van der Waals surface area contributed by atoms with E-state index >= 15 is 0 Å². The molecule has 0 spiro atoms. The minimum absolute atomic E-state index is 0.0377. The average molecular weight is 400 g/mol. The number of rotatable bonds is 7. The summed E-state index contributed by atoms with van der Waals surface area (Å²) >= 11 is 1.55. The zero-order valence-corrected chi connectivity index (χ0v) is 17.8. The molecule has 1 unspecified atom stereocenters. The molecule has 0 saturated carbocycles. The van der Waals surface area contributed by atoms with Gasteiger partial charge >= 0.3 is 5.97 Å². The Morgan fingerprint density at radius 1 is 1.25 bits per heavy atom. The summed E-state index contributed by atoms with van der Waals surface area (Å²) in [4.78, 5) is 26.3. The Labute approximate surface area is 171 Å². The van der Waals surface area contributed by atoms with E-state index in [0.29, 0.717) is 29.5 Å². The van der Waals surface area contributed by atoms with E-state index in [9.17, 15) is 9.59 Å². The summed E-state index contributed by atoms with van der Waals surface area (Å²) < 4.78 is 5.27. The van der Waals surface area contributed by atoms with Crippen LogP contribution < -0.4 is 5.32 Å². The summed E-state index contributed by atoms with van der Waals surface area (Å²) in [5.41, 5.74) is 4.15. The van der Waals surface area contributed by atoms with E-state index in [-0.39, 0.29) is 11.9 Å². The highest BCUT2D eigenvalue weighted by molar-refractivity contribution is 7.17. The second kappa shape index (κ2) is 9.37. The molecule has 2 aromatic rings. The maximum absolute atomic E-state index is 12.5. The molecule has 1 N–H and O–H groups in total. The van der Waals surface area contributed by atoms with Crippen molar-refractivity contribution >= 4 is 28.2 Å². The fraction of sp³-hybridized carbons (Fsp3) is 0.478. The van der Waals surface area contributed by atoms with E-state index in [1.165, 1.54) is 16.0 Å². The number of anilines is 1. The summed E-state index contributed by atoms with van der Waals surface area (Å²) in [5.74, 6) is 0.257. The third-order valence-electron chi connectivity index (χ3n) is 5.23. The Balaban J connectivity index is 1.66. The van der Waals surface area contributed by atoms with Gasteiger partial charge in [-0.25, -0.2) is 4.79 Å². The normalized spacial score (nSPS) is 15.8. The molecule has 1 aliphatic rings. The molecular formula is C23H29NO3S. The maximum atomic E-state index is 12.5. The topological polar surface area (TPSA) is 55.4 Å². The molecule has 5 heteroatoms. The molecule has 1 aromatic carbocycles. The number of thiophene rings is 1. The number of nitrogens with one attached hydrogen (secondary N) is 1. The van der Waals surface area contributed by atoms with Crippen molar-refractivity contribution in [3.8, 4) is 0 Å². The molecule has 1 atom stereocenters. The fourth-order valence-corrected chi connectivity index (χ4v) is 5.07. The van der Waals surface area contributed by atoms with Crippen molar-refractivity contribution < 1.29 is 14.3 Å². The first-order chi connectivity index (χ1) is 13.5. The van der Waals surface area contributed by atoms with Gasteiger partial charge < -0.3 is 10.1 Å². The third kappa shape index (κ3) is 5.02. The molecular weight excluding hydrogens is 370 g/mol. The van der Waals surface area contributed by atoms with Crippen molar-refractivity contribution in [2.24, 2.45) is 5.92 Å². The molecule has 150 valence electrons. The maximum Gasteiger partial charge on any atom is 0.341 e. The fourth-order valence-electron chi connectivity index (χ4n) is 3.65. The zero-order valence-electron chi connectivity index (χ0n) is 17.0. The van der Waals surface area contributed by atoms with Gasteiger partial charge in [0.2, 0.25) is 5.91 Å². The molecule has 0 aliphatic heterocycles. The highest BCUT2D eigenvalue weighted by atomic mass is 32.1. The van der Waals surface area contributed by atoms with Gasteiger partial charge in [-0.3, -0.25) is 4.79 Å². The molecule has 1 aliphatic carbocycles. The van der Waals surface area contributed by atoms with E-state index in [4.69, 9.17) is 4.74 Å². The minimum Gasteiger partial charge on any atom is -0.462 e. The van der Waals surface area contributed by atoms with Gasteiger partial charge in [0.1, 0.15) is 5.00 Å². The largest absolute Gasteiger partial charge is 0.462 e. The van der Waals surface area contributed by atoms with Crippen LogP contribution in [0.2, 0.25) is 0 Å². The Hall–Kier alpha value is -2.14. The van der Waals surface area contributed by atoms with E-state index in [1.54, 1.807) is 11.3 Å². The number of hydrogen-bond donors (Lipinski definition) is 1. The first-order valence-electron chi connectivity index (χ1n) is 10.1. The van der Waals surface area contributed by atoms with Crippen LogP contribution in [0.5, 0.6) is 0 Å². The third-order valence-corrected chi connectivity index (χ3v) is 6.40. The van der Waals surface area contributed by atoms with Crippen molar-refractivity contribution in [2.75, 3.05) is 11.9 Å². The number of esters is 1. The van der Waals surface area contributed by atoms with Crippen LogP contribution in [0, 0.1) is 12.8 Å². The van der Waals surface area contributed by atoms with Crippen molar-refractivity contribution in [3.63, 3.8) is 0 Å². The highest BCUT2D eigenvalue weighted by Gasteiger charge is 2.29. The highest BCUT2D eigenvalue weighted by Crippen LogP contribution is 2.40. The van der Waals surface area contributed by atoms with Crippen molar-refractivity contribution in [3.05, 3.63) is 51.4 Å². The first-order valence-corrected chi connectivity index (χ1v) is 11.0. The number of amides is 1. The summed E-state index contributed by atoms with van der Waals surface area (Å²) in [6, 6.07) is 8.41. The molecule has 0 saturated heterocycles. The molecule has 3 rings (SSSR count). The van der Waals surface area contributed by atoms with Crippen LogP contribution in [0.25, 0.3) is 0 Å². The number of benzene rings is 1.